The van der Waals surface area contributed by atoms with E-state index < -0.39 is 38.6 Å². The van der Waals surface area contributed by atoms with Crippen molar-refractivity contribution >= 4 is 19.8 Å². The number of aliphatic hydroxyl groups excluding tert-OH is 1. The highest BCUT2D eigenvalue weighted by Crippen LogP contribution is 2.38. The Kier molecular flexibility index (Phi) is 35.3. The summed E-state index contributed by atoms with van der Waals surface area (Å²) >= 11 is 0. The van der Waals surface area contributed by atoms with Gasteiger partial charge >= 0.3 is 11.9 Å². The number of likely N-dealkylation sites (N-methyl/N-ethyl adjacent to an activating group) is 1. The van der Waals surface area contributed by atoms with Gasteiger partial charge in [-0.2, -0.15) is 0 Å². The molecule has 1 N–H and O–H groups in total. The van der Waals surface area contributed by atoms with Crippen LogP contribution in [0, 0.1) is 0 Å². The Hall–Kier alpha value is -1.81. The molecule has 0 bridgehead atoms. The highest BCUT2D eigenvalue weighted by molar-refractivity contribution is 7.45. The average molecular weight is 800 g/mol. The maximum absolute atomic E-state index is 12.7. The van der Waals surface area contributed by atoms with E-state index in [2.05, 4.69) is 32.1 Å². The lowest BCUT2D eigenvalue weighted by Crippen LogP contribution is -2.37. The van der Waals surface area contributed by atoms with Crippen molar-refractivity contribution in [1.82, 2.24) is 0 Å². The fraction of sp³-hybridized carbons (Fsp3) is 0.818. The lowest BCUT2D eigenvalue weighted by molar-refractivity contribution is -0.870. The zero-order chi connectivity index (χ0) is 40.9. The van der Waals surface area contributed by atoms with Gasteiger partial charge in [-0.1, -0.05) is 166 Å². The third-order valence-corrected chi connectivity index (χ3v) is 10.2. The third kappa shape index (κ3) is 40.2. The number of phosphoric ester groups is 1. The van der Waals surface area contributed by atoms with Gasteiger partial charge in [-0.15, -0.1) is 0 Å². The predicted molar refractivity (Wildman–Crippen MR) is 223 cm³/mol. The zero-order valence-electron chi connectivity index (χ0n) is 35.7. The van der Waals surface area contributed by atoms with Crippen LogP contribution in [0.15, 0.2) is 36.5 Å². The van der Waals surface area contributed by atoms with Crippen LogP contribution in [0.3, 0.4) is 0 Å². The number of hydrogen-bond donors (Lipinski definition) is 1. The topological polar surface area (TPSA) is 131 Å². The maximum atomic E-state index is 12.7. The van der Waals surface area contributed by atoms with E-state index in [1.807, 2.05) is 39.4 Å². The molecule has 0 fully saturated rings. The molecule has 0 heterocycles. The second kappa shape index (κ2) is 36.5. The molecule has 322 valence electrons. The number of phosphoric acid groups is 1. The number of aliphatic hydroxyl groups is 1. The summed E-state index contributed by atoms with van der Waals surface area (Å²) in [6.45, 7) is 3.99. The molecule has 0 aliphatic heterocycles. The fourth-order valence-corrected chi connectivity index (χ4v) is 6.57. The smallest absolute Gasteiger partial charge is 0.306 e. The third-order valence-electron chi connectivity index (χ3n) is 9.28. The minimum atomic E-state index is -4.64. The van der Waals surface area contributed by atoms with Crippen molar-refractivity contribution in [2.45, 2.75) is 187 Å². The minimum Gasteiger partial charge on any atom is -0.756 e. The molecule has 0 spiro atoms. The van der Waals surface area contributed by atoms with E-state index in [4.69, 9.17) is 18.5 Å². The predicted octanol–water partition coefficient (Wildman–Crippen LogP) is 10.5. The highest BCUT2D eigenvalue weighted by atomic mass is 31.2. The molecule has 0 aromatic carbocycles. The Morgan fingerprint density at radius 3 is 1.75 bits per heavy atom. The number of nitrogens with zero attached hydrogens (tertiary/aromatic N) is 1. The number of quaternary nitrogens is 1. The van der Waals surface area contributed by atoms with Crippen LogP contribution in [0.2, 0.25) is 0 Å². The zero-order valence-corrected chi connectivity index (χ0v) is 36.6. The molecule has 0 saturated carbocycles. The van der Waals surface area contributed by atoms with Crippen LogP contribution in [0.4, 0.5) is 0 Å². The van der Waals surface area contributed by atoms with Gasteiger partial charge in [0.05, 0.1) is 33.9 Å². The van der Waals surface area contributed by atoms with Crippen LogP contribution in [0.25, 0.3) is 0 Å². The second-order valence-electron chi connectivity index (χ2n) is 15.9. The number of unbranched alkanes of at least 4 members (excludes halogenated alkanes) is 18. The van der Waals surface area contributed by atoms with Gasteiger partial charge in [-0.25, -0.2) is 0 Å². The number of esters is 2. The molecular formula is C44H82NO9P. The number of ether oxygens (including phenoxy) is 2. The van der Waals surface area contributed by atoms with E-state index >= 15 is 0 Å². The van der Waals surface area contributed by atoms with E-state index in [-0.39, 0.29) is 26.1 Å². The van der Waals surface area contributed by atoms with Crippen LogP contribution in [0.5, 0.6) is 0 Å². The summed E-state index contributed by atoms with van der Waals surface area (Å²) in [5.74, 6) is -0.908. The summed E-state index contributed by atoms with van der Waals surface area (Å²) in [4.78, 5) is 37.5. The van der Waals surface area contributed by atoms with Crippen molar-refractivity contribution in [3.63, 3.8) is 0 Å². The lowest BCUT2D eigenvalue weighted by Gasteiger charge is -2.28. The summed E-state index contributed by atoms with van der Waals surface area (Å²) in [5.41, 5.74) is 0. The molecule has 0 aromatic rings. The van der Waals surface area contributed by atoms with Gasteiger partial charge in [-0.3, -0.25) is 14.2 Å². The summed E-state index contributed by atoms with van der Waals surface area (Å²) in [5, 5.41) is 10.1. The quantitative estimate of drug-likeness (QED) is 0.0161. The van der Waals surface area contributed by atoms with Crippen molar-refractivity contribution in [3.8, 4) is 0 Å². The van der Waals surface area contributed by atoms with E-state index in [0.29, 0.717) is 30.3 Å². The Morgan fingerprint density at radius 1 is 0.673 bits per heavy atom. The van der Waals surface area contributed by atoms with Gasteiger partial charge in [0.15, 0.2) is 6.10 Å². The summed E-state index contributed by atoms with van der Waals surface area (Å²) in [6, 6.07) is 0. The molecule has 0 aliphatic rings. The van der Waals surface area contributed by atoms with Gasteiger partial charge in [0.1, 0.15) is 19.8 Å². The molecule has 10 nitrogen and oxygen atoms in total. The first-order valence-electron chi connectivity index (χ1n) is 21.8. The van der Waals surface area contributed by atoms with Gasteiger partial charge in [-0.05, 0) is 32.1 Å². The molecule has 11 heteroatoms. The van der Waals surface area contributed by atoms with E-state index in [0.717, 1.165) is 57.8 Å². The molecule has 0 aliphatic carbocycles. The molecule has 2 unspecified atom stereocenters. The first-order chi connectivity index (χ1) is 26.4. The van der Waals surface area contributed by atoms with Gasteiger partial charge in [0, 0.05) is 12.8 Å². The normalized spacial score (nSPS) is 14.5. The van der Waals surface area contributed by atoms with Crippen LogP contribution in [-0.4, -0.2) is 81.2 Å². The molecule has 3 atom stereocenters. The van der Waals surface area contributed by atoms with Crippen LogP contribution >= 0.6 is 7.82 Å². The standard InChI is InChI=1S/C44H82NO9P/c1-6-8-10-12-14-15-16-17-18-19-20-21-23-27-32-36-44(48)54-42(40-53-55(49,50)52-38-37-45(3,4)5)39-51-43(47)35-31-28-24-26-30-34-41(46)33-29-25-22-13-11-9-7-2/h9,11,22,25,29,33,41-42,46H,6-8,10,12-21,23-24,26-28,30-32,34-40H2,1-5H3/b11-9+,25-22+,33-29+/t41?,42-/m1/s1. The molecule has 0 saturated heterocycles. The fourth-order valence-electron chi connectivity index (χ4n) is 5.84. The van der Waals surface area contributed by atoms with Crippen molar-refractivity contribution in [1.29, 1.82) is 0 Å². The van der Waals surface area contributed by atoms with Crippen molar-refractivity contribution in [2.24, 2.45) is 0 Å². The van der Waals surface area contributed by atoms with E-state index in [1.165, 1.54) is 70.6 Å². The van der Waals surface area contributed by atoms with Crippen molar-refractivity contribution < 1.29 is 47.2 Å². The largest absolute Gasteiger partial charge is 0.756 e. The highest BCUT2D eigenvalue weighted by Gasteiger charge is 2.21. The SMILES string of the molecule is CC/C=C/C/C=C/C=C/C(O)CCCCCCCC(=O)OC[C@H](COP(=O)([O-])OCC[N+](C)(C)C)OC(=O)CCCCCCCCCCCCCCCCC. The Morgan fingerprint density at radius 2 is 1.20 bits per heavy atom. The van der Waals surface area contributed by atoms with E-state index in [1.54, 1.807) is 0 Å². The van der Waals surface area contributed by atoms with Crippen LogP contribution < -0.4 is 4.89 Å². The first-order valence-corrected chi connectivity index (χ1v) is 23.3. The number of carbonyl (C=O) groups is 2. The van der Waals surface area contributed by atoms with Crippen LogP contribution in [-0.2, 0) is 32.7 Å². The monoisotopic (exact) mass is 800 g/mol. The van der Waals surface area contributed by atoms with Gasteiger partial charge < -0.3 is 33.0 Å². The lowest BCUT2D eigenvalue weighted by atomic mass is 10.0. The Balaban J connectivity index is 4.44. The van der Waals surface area contributed by atoms with Crippen LogP contribution in [0.1, 0.15) is 174 Å². The Labute approximate surface area is 336 Å². The summed E-state index contributed by atoms with van der Waals surface area (Å²) < 4.78 is 33.8. The van der Waals surface area contributed by atoms with Gasteiger partial charge in [0.25, 0.3) is 7.82 Å². The second-order valence-corrected chi connectivity index (χ2v) is 17.3. The number of hydrogen-bond acceptors (Lipinski definition) is 9. The van der Waals surface area contributed by atoms with Crippen molar-refractivity contribution in [3.05, 3.63) is 36.5 Å². The first kappa shape index (κ1) is 53.2. The molecule has 0 radical (unpaired) electrons. The number of rotatable bonds is 39. The Bertz CT molecular complexity index is 1060. The van der Waals surface area contributed by atoms with Crippen molar-refractivity contribution in [2.75, 3.05) is 47.5 Å². The molecule has 0 amide bonds. The summed E-state index contributed by atoms with van der Waals surface area (Å²) in [6.07, 6.45) is 36.2. The van der Waals surface area contributed by atoms with Gasteiger partial charge in [0.2, 0.25) is 0 Å². The molecule has 0 rings (SSSR count). The average Bonchev–Trinajstić information content (AvgIpc) is 3.12. The number of carbonyl (C=O) groups excluding carboxylic acids is 2. The maximum Gasteiger partial charge on any atom is 0.306 e. The molecule has 55 heavy (non-hydrogen) atoms. The van der Waals surface area contributed by atoms with E-state index in [9.17, 15) is 24.2 Å². The molecular weight excluding hydrogens is 717 g/mol. The minimum absolute atomic E-state index is 0.0461. The summed E-state index contributed by atoms with van der Waals surface area (Å²) in [7, 11) is 1.11. The molecule has 0 aromatic heterocycles. The number of allylic oxidation sites excluding steroid dienone is 5.